The molecule has 1 rings (SSSR count). The van der Waals surface area contributed by atoms with Gasteiger partial charge in [-0.3, -0.25) is 0 Å². The minimum atomic E-state index is -0.693. The van der Waals surface area contributed by atoms with Gasteiger partial charge in [0.25, 0.3) is 0 Å². The van der Waals surface area contributed by atoms with Gasteiger partial charge in [0.1, 0.15) is 12.4 Å². The van der Waals surface area contributed by atoms with Gasteiger partial charge in [-0.25, -0.2) is 4.79 Å². The highest BCUT2D eigenvalue weighted by Crippen LogP contribution is 2.21. The summed E-state index contributed by atoms with van der Waals surface area (Å²) < 4.78 is 10.1. The molecule has 0 spiro atoms. The van der Waals surface area contributed by atoms with Gasteiger partial charge in [0, 0.05) is 5.57 Å². The average Bonchev–Trinajstić information content (AvgIpc) is 2.51. The largest absolute Gasteiger partial charge is 0.491 e. The van der Waals surface area contributed by atoms with E-state index in [0.29, 0.717) is 24.4 Å². The Balaban J connectivity index is 2.57. The molecule has 2 N–H and O–H groups in total. The van der Waals surface area contributed by atoms with Crippen LogP contribution in [0.5, 0.6) is 5.75 Å². The highest BCUT2D eigenvalue weighted by Gasteiger charge is 2.09. The number of benzene rings is 1. The standard InChI is InChI=1S/C16H22O5/c1-3-20-16(19)12(2)4-9-15(18)13-5-7-14(8-6-13)21-11-10-17/h4-8,15,17-18H,3,9-11H2,1-2H3/b12-4+/t15-/m0/s1. The number of rotatable bonds is 8. The summed E-state index contributed by atoms with van der Waals surface area (Å²) in [5.74, 6) is 0.274. The molecule has 0 amide bonds. The Kier molecular flexibility index (Phi) is 7.50. The number of esters is 1. The molecule has 0 heterocycles. The summed E-state index contributed by atoms with van der Waals surface area (Å²) in [6, 6.07) is 6.97. The van der Waals surface area contributed by atoms with E-state index in [-0.39, 0.29) is 19.2 Å². The molecule has 116 valence electrons. The number of aliphatic hydroxyl groups is 2. The van der Waals surface area contributed by atoms with E-state index in [0.717, 1.165) is 5.56 Å². The normalized spacial score (nSPS) is 12.9. The Morgan fingerprint density at radius 3 is 2.57 bits per heavy atom. The second-order valence-electron chi connectivity index (χ2n) is 4.50. The first kappa shape index (κ1) is 17.2. The van der Waals surface area contributed by atoms with Crippen LogP contribution in [0.25, 0.3) is 0 Å². The van der Waals surface area contributed by atoms with Crippen molar-refractivity contribution < 1.29 is 24.5 Å². The first-order valence-corrected chi connectivity index (χ1v) is 6.94. The Bertz CT molecular complexity index is 464. The molecular formula is C16H22O5. The minimum Gasteiger partial charge on any atom is -0.491 e. The number of ether oxygens (including phenoxy) is 2. The highest BCUT2D eigenvalue weighted by molar-refractivity contribution is 5.87. The Morgan fingerprint density at radius 1 is 1.33 bits per heavy atom. The molecule has 0 fully saturated rings. The molecule has 5 heteroatoms. The number of carbonyl (C=O) groups is 1. The van der Waals surface area contributed by atoms with E-state index >= 15 is 0 Å². The van der Waals surface area contributed by atoms with Crippen LogP contribution in [0.15, 0.2) is 35.9 Å². The molecule has 0 aromatic heterocycles. The maximum absolute atomic E-state index is 11.4. The molecule has 21 heavy (non-hydrogen) atoms. The number of hydrogen-bond acceptors (Lipinski definition) is 5. The van der Waals surface area contributed by atoms with Crippen LogP contribution < -0.4 is 4.74 Å². The van der Waals surface area contributed by atoms with Gasteiger partial charge in [0.05, 0.1) is 19.3 Å². The molecule has 1 atom stereocenters. The van der Waals surface area contributed by atoms with Crippen molar-refractivity contribution in [2.75, 3.05) is 19.8 Å². The molecule has 1 aromatic rings. The van der Waals surface area contributed by atoms with Gasteiger partial charge >= 0.3 is 5.97 Å². The fourth-order valence-corrected chi connectivity index (χ4v) is 1.70. The number of aliphatic hydroxyl groups excluding tert-OH is 2. The van der Waals surface area contributed by atoms with Gasteiger partial charge < -0.3 is 19.7 Å². The van der Waals surface area contributed by atoms with E-state index in [9.17, 15) is 9.90 Å². The highest BCUT2D eigenvalue weighted by atomic mass is 16.5. The van der Waals surface area contributed by atoms with Crippen molar-refractivity contribution in [3.05, 3.63) is 41.5 Å². The van der Waals surface area contributed by atoms with Crippen LogP contribution in [-0.2, 0) is 9.53 Å². The van der Waals surface area contributed by atoms with E-state index in [2.05, 4.69) is 0 Å². The van der Waals surface area contributed by atoms with Crippen molar-refractivity contribution in [1.29, 1.82) is 0 Å². The zero-order valence-electron chi connectivity index (χ0n) is 12.4. The van der Waals surface area contributed by atoms with Gasteiger partial charge in [-0.1, -0.05) is 18.2 Å². The minimum absolute atomic E-state index is 0.0394. The Hall–Kier alpha value is -1.85. The van der Waals surface area contributed by atoms with E-state index < -0.39 is 6.10 Å². The van der Waals surface area contributed by atoms with E-state index in [1.165, 1.54) is 0 Å². The van der Waals surface area contributed by atoms with Crippen LogP contribution in [0.4, 0.5) is 0 Å². The average molecular weight is 294 g/mol. The Labute approximate surface area is 124 Å². The predicted molar refractivity (Wildman–Crippen MR) is 79.0 cm³/mol. The van der Waals surface area contributed by atoms with Gasteiger partial charge in [0.15, 0.2) is 0 Å². The zero-order chi connectivity index (χ0) is 15.7. The van der Waals surface area contributed by atoms with E-state index in [4.69, 9.17) is 14.6 Å². The van der Waals surface area contributed by atoms with Gasteiger partial charge in [-0.2, -0.15) is 0 Å². The fraction of sp³-hybridized carbons (Fsp3) is 0.438. The van der Waals surface area contributed by atoms with E-state index in [1.807, 2.05) is 0 Å². The molecule has 1 aromatic carbocycles. The quantitative estimate of drug-likeness (QED) is 0.566. The number of carbonyl (C=O) groups excluding carboxylic acids is 1. The third kappa shape index (κ3) is 5.97. The first-order valence-electron chi connectivity index (χ1n) is 6.94. The second kappa shape index (κ2) is 9.15. The molecule has 5 nitrogen and oxygen atoms in total. The summed E-state index contributed by atoms with van der Waals surface area (Å²) in [6.45, 7) is 3.95. The molecule has 0 radical (unpaired) electrons. The molecule has 0 aliphatic carbocycles. The summed E-state index contributed by atoms with van der Waals surface area (Å²) in [5.41, 5.74) is 1.22. The van der Waals surface area contributed by atoms with E-state index in [1.54, 1.807) is 44.2 Å². The van der Waals surface area contributed by atoms with Crippen LogP contribution in [0.1, 0.15) is 31.9 Å². The lowest BCUT2D eigenvalue weighted by molar-refractivity contribution is -0.138. The molecule has 0 aliphatic rings. The molecule has 0 saturated heterocycles. The number of hydrogen-bond donors (Lipinski definition) is 2. The fourth-order valence-electron chi connectivity index (χ4n) is 1.70. The third-order valence-corrected chi connectivity index (χ3v) is 2.87. The summed E-state index contributed by atoms with van der Waals surface area (Å²) in [7, 11) is 0. The molecule has 0 saturated carbocycles. The summed E-state index contributed by atoms with van der Waals surface area (Å²) in [4.78, 5) is 11.4. The van der Waals surface area contributed by atoms with Crippen LogP contribution in [0.3, 0.4) is 0 Å². The van der Waals surface area contributed by atoms with Crippen molar-refractivity contribution in [3.8, 4) is 5.75 Å². The molecule has 0 bridgehead atoms. The topological polar surface area (TPSA) is 76.0 Å². The summed E-state index contributed by atoms with van der Waals surface area (Å²) >= 11 is 0. The van der Waals surface area contributed by atoms with Crippen molar-refractivity contribution in [3.63, 3.8) is 0 Å². The van der Waals surface area contributed by atoms with Crippen molar-refractivity contribution in [2.24, 2.45) is 0 Å². The lowest BCUT2D eigenvalue weighted by atomic mass is 10.1. The van der Waals surface area contributed by atoms with Crippen molar-refractivity contribution in [1.82, 2.24) is 0 Å². The third-order valence-electron chi connectivity index (χ3n) is 2.87. The maximum atomic E-state index is 11.4. The summed E-state index contributed by atoms with van der Waals surface area (Å²) in [6.07, 6.45) is 1.31. The first-order chi connectivity index (χ1) is 10.1. The monoisotopic (exact) mass is 294 g/mol. The lowest BCUT2D eigenvalue weighted by Crippen LogP contribution is -2.06. The molecular weight excluding hydrogens is 272 g/mol. The molecule has 0 unspecified atom stereocenters. The molecule has 0 aliphatic heterocycles. The van der Waals surface area contributed by atoms with Crippen LogP contribution >= 0.6 is 0 Å². The van der Waals surface area contributed by atoms with Gasteiger partial charge in [-0.05, 0) is 38.0 Å². The van der Waals surface area contributed by atoms with Crippen LogP contribution in [-0.4, -0.2) is 36.0 Å². The van der Waals surface area contributed by atoms with Crippen molar-refractivity contribution >= 4 is 5.97 Å². The predicted octanol–water partition coefficient (Wildman–Crippen LogP) is 1.99. The van der Waals surface area contributed by atoms with Crippen molar-refractivity contribution in [2.45, 2.75) is 26.4 Å². The summed E-state index contributed by atoms with van der Waals surface area (Å²) in [5, 5.41) is 18.7. The maximum Gasteiger partial charge on any atom is 0.333 e. The van der Waals surface area contributed by atoms with Gasteiger partial charge in [-0.15, -0.1) is 0 Å². The van der Waals surface area contributed by atoms with Gasteiger partial charge in [0.2, 0.25) is 0 Å². The smallest absolute Gasteiger partial charge is 0.333 e. The Morgan fingerprint density at radius 2 is 2.00 bits per heavy atom. The SMILES string of the molecule is CCOC(=O)/C(C)=C/C[C@H](O)c1ccc(OCCO)cc1. The van der Waals surface area contributed by atoms with Crippen LogP contribution in [0.2, 0.25) is 0 Å². The van der Waals surface area contributed by atoms with Crippen LogP contribution in [0, 0.1) is 0 Å². The lowest BCUT2D eigenvalue weighted by Gasteiger charge is -2.10. The zero-order valence-corrected chi connectivity index (χ0v) is 12.4. The second-order valence-corrected chi connectivity index (χ2v) is 4.50.